The molecule has 6 heteroatoms. The number of allylic oxidation sites excluding steroid dienone is 2. The van der Waals surface area contributed by atoms with E-state index in [1.165, 1.54) is 12.8 Å². The largest absolute Gasteiger partial charge is 0.293 e. The van der Waals surface area contributed by atoms with E-state index in [1.54, 1.807) is 6.08 Å². The maximum atomic E-state index is 11.5. The predicted molar refractivity (Wildman–Crippen MR) is 94.7 cm³/mol. The Bertz CT molecular complexity index is 663. The van der Waals surface area contributed by atoms with Crippen molar-refractivity contribution in [3.8, 4) is 0 Å². The predicted octanol–water partition coefficient (Wildman–Crippen LogP) is 3.88. The van der Waals surface area contributed by atoms with Crippen molar-refractivity contribution in [2.45, 2.75) is 82.3 Å². The highest BCUT2D eigenvalue weighted by atomic mass is 16.6. The minimum atomic E-state index is -0.351. The van der Waals surface area contributed by atoms with E-state index in [-0.39, 0.29) is 22.3 Å². The van der Waals surface area contributed by atoms with E-state index in [4.69, 9.17) is 15.0 Å². The van der Waals surface area contributed by atoms with Gasteiger partial charge in [-0.1, -0.05) is 25.7 Å². The Morgan fingerprint density at radius 2 is 1.79 bits per heavy atom. The Morgan fingerprint density at radius 1 is 1.08 bits per heavy atom. The number of aliphatic imine (C=N–C) groups is 3. The third-order valence-corrected chi connectivity index (χ3v) is 5.63. The molecule has 0 aromatic carbocycles. The summed E-state index contributed by atoms with van der Waals surface area (Å²) in [6, 6.07) is 0.196. The molecule has 0 aromatic heterocycles. The maximum absolute atomic E-state index is 11.5. The van der Waals surface area contributed by atoms with Gasteiger partial charge in [-0.3, -0.25) is 25.1 Å². The minimum Gasteiger partial charge on any atom is -0.273 e. The van der Waals surface area contributed by atoms with Gasteiger partial charge in [0, 0.05) is 12.5 Å². The van der Waals surface area contributed by atoms with Gasteiger partial charge in [-0.25, -0.2) is 0 Å². The maximum Gasteiger partial charge on any atom is 0.293 e. The smallest absolute Gasteiger partial charge is 0.273 e. The van der Waals surface area contributed by atoms with Crippen molar-refractivity contribution in [2.24, 2.45) is 15.0 Å². The van der Waals surface area contributed by atoms with Crippen molar-refractivity contribution in [1.82, 2.24) is 0 Å². The van der Waals surface area contributed by atoms with Gasteiger partial charge in [0.25, 0.3) is 5.70 Å². The molecule has 4 rings (SSSR count). The lowest BCUT2D eigenvalue weighted by Gasteiger charge is -2.27. The molecule has 0 aromatic rings. The Labute approximate surface area is 142 Å². The van der Waals surface area contributed by atoms with Gasteiger partial charge in [0.05, 0.1) is 16.7 Å². The lowest BCUT2D eigenvalue weighted by atomic mass is 9.90. The average molecular weight is 328 g/mol. The Kier molecular flexibility index (Phi) is 4.06. The fourth-order valence-corrected chi connectivity index (χ4v) is 4.37. The second-order valence-corrected chi connectivity index (χ2v) is 7.38. The SMILES string of the molecule is O=[N+]([O-])C1=CCC2=NC3(CCCCC3)N=C2C1=NC1CCCCC1. The van der Waals surface area contributed by atoms with Crippen LogP contribution in [0.15, 0.2) is 26.8 Å². The normalized spacial score (nSPS) is 28.3. The van der Waals surface area contributed by atoms with Gasteiger partial charge in [-0.2, -0.15) is 0 Å². The Balaban J connectivity index is 1.72. The van der Waals surface area contributed by atoms with Crippen LogP contribution in [0.2, 0.25) is 0 Å². The molecule has 0 atom stereocenters. The summed E-state index contributed by atoms with van der Waals surface area (Å²) in [6.45, 7) is 0. The molecule has 3 aliphatic carbocycles. The van der Waals surface area contributed by atoms with E-state index in [9.17, 15) is 10.1 Å². The molecule has 2 saturated carbocycles. The molecule has 0 amide bonds. The van der Waals surface area contributed by atoms with Crippen molar-refractivity contribution in [2.75, 3.05) is 0 Å². The third-order valence-electron chi connectivity index (χ3n) is 5.63. The van der Waals surface area contributed by atoms with Crippen LogP contribution in [0, 0.1) is 10.1 Å². The van der Waals surface area contributed by atoms with E-state index in [0.717, 1.165) is 62.8 Å². The first-order chi connectivity index (χ1) is 11.7. The quantitative estimate of drug-likeness (QED) is 0.569. The number of hydrogen-bond donors (Lipinski definition) is 0. The van der Waals surface area contributed by atoms with Crippen LogP contribution in [0.1, 0.15) is 70.6 Å². The topological polar surface area (TPSA) is 80.2 Å². The molecule has 0 bridgehead atoms. The number of nitro groups is 1. The molecule has 0 saturated heterocycles. The van der Waals surface area contributed by atoms with E-state index in [2.05, 4.69) is 0 Å². The number of rotatable bonds is 2. The van der Waals surface area contributed by atoms with Crippen LogP contribution in [0.5, 0.6) is 0 Å². The molecule has 4 aliphatic rings. The van der Waals surface area contributed by atoms with Crippen molar-refractivity contribution >= 4 is 17.1 Å². The molecule has 24 heavy (non-hydrogen) atoms. The van der Waals surface area contributed by atoms with Gasteiger partial charge in [0.1, 0.15) is 5.71 Å². The zero-order valence-electron chi connectivity index (χ0n) is 14.0. The summed E-state index contributed by atoms with van der Waals surface area (Å²) < 4.78 is 0. The summed E-state index contributed by atoms with van der Waals surface area (Å²) >= 11 is 0. The van der Waals surface area contributed by atoms with Crippen molar-refractivity contribution in [3.05, 3.63) is 21.9 Å². The molecular formula is C18H24N4O2. The molecule has 6 nitrogen and oxygen atoms in total. The van der Waals surface area contributed by atoms with E-state index in [1.807, 2.05) is 0 Å². The molecule has 128 valence electrons. The van der Waals surface area contributed by atoms with E-state index < -0.39 is 0 Å². The Morgan fingerprint density at radius 3 is 2.50 bits per heavy atom. The molecule has 0 N–H and O–H groups in total. The van der Waals surface area contributed by atoms with Crippen molar-refractivity contribution in [1.29, 1.82) is 0 Å². The molecular weight excluding hydrogens is 304 g/mol. The molecule has 2 fully saturated rings. The highest BCUT2D eigenvalue weighted by Crippen LogP contribution is 2.38. The molecule has 1 spiro atoms. The lowest BCUT2D eigenvalue weighted by Crippen LogP contribution is -2.32. The molecule has 1 heterocycles. The summed E-state index contributed by atoms with van der Waals surface area (Å²) in [5.74, 6) is 0. The first-order valence-corrected chi connectivity index (χ1v) is 9.29. The fraction of sp³-hybridized carbons (Fsp3) is 0.722. The summed E-state index contributed by atoms with van der Waals surface area (Å²) in [6.07, 6.45) is 13.3. The zero-order valence-corrected chi connectivity index (χ0v) is 14.0. The second-order valence-electron chi connectivity index (χ2n) is 7.38. The lowest BCUT2D eigenvalue weighted by molar-refractivity contribution is -0.415. The van der Waals surface area contributed by atoms with Crippen LogP contribution in [-0.4, -0.2) is 33.8 Å². The highest BCUT2D eigenvalue weighted by molar-refractivity contribution is 6.73. The van der Waals surface area contributed by atoms with Crippen LogP contribution >= 0.6 is 0 Å². The van der Waals surface area contributed by atoms with Gasteiger partial charge in [0.2, 0.25) is 0 Å². The van der Waals surface area contributed by atoms with E-state index >= 15 is 0 Å². The summed E-state index contributed by atoms with van der Waals surface area (Å²) in [7, 11) is 0. The van der Waals surface area contributed by atoms with Crippen LogP contribution < -0.4 is 0 Å². The van der Waals surface area contributed by atoms with Gasteiger partial charge in [-0.05, 0) is 38.5 Å². The van der Waals surface area contributed by atoms with Crippen LogP contribution in [0.3, 0.4) is 0 Å². The van der Waals surface area contributed by atoms with E-state index in [0.29, 0.717) is 12.1 Å². The number of fused-ring (bicyclic) bond motifs is 1. The molecule has 1 aliphatic heterocycles. The van der Waals surface area contributed by atoms with Gasteiger partial charge < -0.3 is 0 Å². The Hall–Kier alpha value is -1.85. The first-order valence-electron chi connectivity index (χ1n) is 9.29. The number of nitrogens with zero attached hydrogens (tertiary/aromatic N) is 4. The average Bonchev–Trinajstić information content (AvgIpc) is 2.94. The van der Waals surface area contributed by atoms with Crippen molar-refractivity contribution < 1.29 is 4.92 Å². The van der Waals surface area contributed by atoms with Crippen LogP contribution in [-0.2, 0) is 0 Å². The number of hydrogen-bond acceptors (Lipinski definition) is 5. The standard InChI is InChI=1S/C18H24N4O2/c23-22(24)15-10-9-14-16(17(15)19-13-7-3-1-4-8-13)21-18(20-14)11-5-2-6-12-18/h10,13H,1-9,11-12H2. The van der Waals surface area contributed by atoms with Crippen LogP contribution in [0.4, 0.5) is 0 Å². The van der Waals surface area contributed by atoms with Crippen LogP contribution in [0.25, 0.3) is 0 Å². The minimum absolute atomic E-state index is 0.131. The van der Waals surface area contributed by atoms with Gasteiger partial charge in [0.15, 0.2) is 11.4 Å². The second kappa shape index (κ2) is 6.22. The summed E-state index contributed by atoms with van der Waals surface area (Å²) in [5, 5.41) is 11.5. The fourth-order valence-electron chi connectivity index (χ4n) is 4.37. The van der Waals surface area contributed by atoms with Gasteiger partial charge >= 0.3 is 0 Å². The van der Waals surface area contributed by atoms with Gasteiger partial charge in [-0.15, -0.1) is 0 Å². The highest BCUT2D eigenvalue weighted by Gasteiger charge is 2.42. The summed E-state index contributed by atoms with van der Waals surface area (Å²) in [4.78, 5) is 25.9. The van der Waals surface area contributed by atoms with Crippen molar-refractivity contribution in [3.63, 3.8) is 0 Å². The summed E-state index contributed by atoms with van der Waals surface area (Å²) in [5.41, 5.74) is 1.91. The first kappa shape index (κ1) is 15.7. The zero-order chi connectivity index (χ0) is 16.6. The molecule has 0 radical (unpaired) electrons. The molecule has 0 unspecified atom stereocenters. The third kappa shape index (κ3) is 2.82. The monoisotopic (exact) mass is 328 g/mol.